The lowest BCUT2D eigenvalue weighted by molar-refractivity contribution is 0.394. The molecule has 0 saturated carbocycles. The number of aromatic nitrogens is 2. The van der Waals surface area contributed by atoms with E-state index in [2.05, 4.69) is 72.4 Å². The number of nitrogens with zero attached hydrogens (tertiary/aromatic N) is 4. The molecule has 0 aliphatic carbocycles. The third-order valence-corrected chi connectivity index (χ3v) is 4.43. The smallest absolute Gasteiger partial charge is 0.232 e. The Hall–Kier alpha value is -2.29. The van der Waals surface area contributed by atoms with Crippen LogP contribution >= 0.6 is 0 Å². The predicted octanol–water partition coefficient (Wildman–Crippen LogP) is 3.11. The zero-order chi connectivity index (χ0) is 18.9. The van der Waals surface area contributed by atoms with Crippen molar-refractivity contribution in [3.05, 3.63) is 46.9 Å². The zero-order valence-corrected chi connectivity index (χ0v) is 16.3. The Bertz CT molecular complexity index is 761. The molecule has 5 nitrogen and oxygen atoms in total. The highest BCUT2D eigenvalue weighted by Gasteiger charge is 2.07. The molecule has 0 saturated heterocycles. The Labute approximate surface area is 157 Å². The highest BCUT2D eigenvalue weighted by molar-refractivity contribution is 5.61. The minimum atomic E-state index is 0.245. The van der Waals surface area contributed by atoms with Gasteiger partial charge in [-0.05, 0) is 90.1 Å². The third kappa shape index (κ3) is 6.21. The third-order valence-electron chi connectivity index (χ3n) is 4.43. The van der Waals surface area contributed by atoms with E-state index in [9.17, 15) is 5.26 Å². The number of hydrogen-bond acceptors (Lipinski definition) is 5. The van der Waals surface area contributed by atoms with Crippen LogP contribution in [0.3, 0.4) is 0 Å². The Morgan fingerprint density at radius 2 is 1.81 bits per heavy atom. The number of nitriles is 1. The molecule has 2 rings (SSSR count). The quantitative estimate of drug-likeness (QED) is 0.703. The van der Waals surface area contributed by atoms with Gasteiger partial charge < -0.3 is 10.2 Å². The molecule has 0 radical (unpaired) electrons. The van der Waals surface area contributed by atoms with Crippen molar-refractivity contribution in [3.8, 4) is 17.3 Å². The molecule has 0 spiro atoms. The second-order valence-electron chi connectivity index (χ2n) is 6.99. The van der Waals surface area contributed by atoms with Crippen LogP contribution in [0.25, 0.3) is 11.3 Å². The Balaban J connectivity index is 1.97. The Morgan fingerprint density at radius 1 is 1.04 bits per heavy atom. The summed E-state index contributed by atoms with van der Waals surface area (Å²) >= 11 is 0. The van der Waals surface area contributed by atoms with Gasteiger partial charge in [0.15, 0.2) is 0 Å². The molecule has 0 amide bonds. The Morgan fingerprint density at radius 3 is 2.50 bits per heavy atom. The number of nitrogens with one attached hydrogen (secondary N) is 1. The van der Waals surface area contributed by atoms with Gasteiger partial charge in [0.05, 0.1) is 5.69 Å². The van der Waals surface area contributed by atoms with Crippen molar-refractivity contribution in [2.75, 3.05) is 33.7 Å². The van der Waals surface area contributed by atoms with Crippen LogP contribution in [-0.4, -0.2) is 48.6 Å². The van der Waals surface area contributed by atoms with Crippen molar-refractivity contribution >= 4 is 0 Å². The van der Waals surface area contributed by atoms with Crippen molar-refractivity contribution in [2.24, 2.45) is 0 Å². The lowest BCUT2D eigenvalue weighted by Gasteiger charge is -2.10. The number of rotatable bonds is 9. The van der Waals surface area contributed by atoms with Gasteiger partial charge in [0.2, 0.25) is 5.82 Å². The maximum absolute atomic E-state index is 9.25. The standard InChI is InChI=1S/C21H29N5/c1-16-8-9-18(13-17(16)2)20-14-19(24-21(15-22)25-20)7-5-10-23-11-6-12-26(3)4/h8-9,13-14,23H,5-7,10-12H2,1-4H3. The van der Waals surface area contributed by atoms with Gasteiger partial charge in [-0.2, -0.15) is 5.26 Å². The van der Waals surface area contributed by atoms with Gasteiger partial charge in [-0.1, -0.05) is 12.1 Å². The van der Waals surface area contributed by atoms with E-state index >= 15 is 0 Å². The van der Waals surface area contributed by atoms with Crippen LogP contribution in [0.1, 0.15) is 35.5 Å². The Kier molecular flexibility index (Phi) is 7.71. The van der Waals surface area contributed by atoms with E-state index < -0.39 is 0 Å². The van der Waals surface area contributed by atoms with E-state index in [1.165, 1.54) is 11.1 Å². The molecular weight excluding hydrogens is 322 g/mol. The topological polar surface area (TPSA) is 64.8 Å². The summed E-state index contributed by atoms with van der Waals surface area (Å²) in [5, 5.41) is 12.7. The lowest BCUT2D eigenvalue weighted by Crippen LogP contribution is -2.22. The molecule has 138 valence electrons. The van der Waals surface area contributed by atoms with Gasteiger partial charge in [-0.3, -0.25) is 0 Å². The number of benzene rings is 1. The molecule has 1 aromatic carbocycles. The van der Waals surface area contributed by atoms with Crippen molar-refractivity contribution in [1.29, 1.82) is 5.26 Å². The average molecular weight is 351 g/mol. The minimum Gasteiger partial charge on any atom is -0.317 e. The lowest BCUT2D eigenvalue weighted by atomic mass is 10.0. The fourth-order valence-electron chi connectivity index (χ4n) is 2.76. The first-order valence-electron chi connectivity index (χ1n) is 9.20. The molecule has 0 atom stereocenters. The van der Waals surface area contributed by atoms with E-state index in [1.54, 1.807) is 0 Å². The van der Waals surface area contributed by atoms with E-state index in [0.29, 0.717) is 0 Å². The largest absolute Gasteiger partial charge is 0.317 e. The summed E-state index contributed by atoms with van der Waals surface area (Å²) in [7, 11) is 4.18. The SMILES string of the molecule is Cc1ccc(-c2cc(CCCNCCCN(C)C)nc(C#N)n2)cc1C. The monoisotopic (exact) mass is 351 g/mol. The van der Waals surface area contributed by atoms with Gasteiger partial charge in [0, 0.05) is 11.3 Å². The molecule has 2 aromatic rings. The highest BCUT2D eigenvalue weighted by atomic mass is 15.1. The van der Waals surface area contributed by atoms with E-state index in [-0.39, 0.29) is 5.82 Å². The van der Waals surface area contributed by atoms with Gasteiger partial charge in [-0.25, -0.2) is 9.97 Å². The van der Waals surface area contributed by atoms with Crippen LogP contribution in [0.5, 0.6) is 0 Å². The van der Waals surface area contributed by atoms with Crippen LogP contribution in [0.4, 0.5) is 0 Å². The van der Waals surface area contributed by atoms with Crippen molar-refractivity contribution in [2.45, 2.75) is 33.1 Å². The second-order valence-corrected chi connectivity index (χ2v) is 6.99. The van der Waals surface area contributed by atoms with Gasteiger partial charge in [0.25, 0.3) is 0 Å². The fraction of sp³-hybridized carbons (Fsp3) is 0.476. The first kappa shape index (κ1) is 20.0. The maximum Gasteiger partial charge on any atom is 0.232 e. The highest BCUT2D eigenvalue weighted by Crippen LogP contribution is 2.21. The zero-order valence-electron chi connectivity index (χ0n) is 16.3. The van der Waals surface area contributed by atoms with Crippen molar-refractivity contribution in [1.82, 2.24) is 20.2 Å². The normalized spacial score (nSPS) is 10.9. The molecule has 1 N–H and O–H groups in total. The maximum atomic E-state index is 9.25. The van der Waals surface area contributed by atoms with Crippen LogP contribution in [0.15, 0.2) is 24.3 Å². The summed E-state index contributed by atoms with van der Waals surface area (Å²) in [6.45, 7) is 7.27. The van der Waals surface area contributed by atoms with Crippen LogP contribution < -0.4 is 5.32 Å². The molecule has 0 unspecified atom stereocenters. The summed E-state index contributed by atoms with van der Waals surface area (Å²) in [6.07, 6.45) is 2.99. The molecule has 1 heterocycles. The average Bonchev–Trinajstić information content (AvgIpc) is 2.62. The molecule has 0 aliphatic rings. The van der Waals surface area contributed by atoms with E-state index in [4.69, 9.17) is 0 Å². The van der Waals surface area contributed by atoms with Crippen molar-refractivity contribution < 1.29 is 0 Å². The summed E-state index contributed by atoms with van der Waals surface area (Å²) in [6, 6.07) is 10.4. The summed E-state index contributed by atoms with van der Waals surface area (Å²) in [5.74, 6) is 0.245. The summed E-state index contributed by atoms with van der Waals surface area (Å²) in [4.78, 5) is 10.9. The predicted molar refractivity (Wildman–Crippen MR) is 106 cm³/mol. The van der Waals surface area contributed by atoms with E-state index in [0.717, 1.165) is 55.8 Å². The molecule has 0 bridgehead atoms. The minimum absolute atomic E-state index is 0.245. The molecule has 1 aromatic heterocycles. The van der Waals surface area contributed by atoms with Crippen LogP contribution in [0.2, 0.25) is 0 Å². The molecule has 5 heteroatoms. The van der Waals surface area contributed by atoms with Gasteiger partial charge in [-0.15, -0.1) is 0 Å². The number of aryl methyl sites for hydroxylation is 3. The molecular formula is C21H29N5. The first-order chi connectivity index (χ1) is 12.5. The summed E-state index contributed by atoms with van der Waals surface area (Å²) < 4.78 is 0. The first-order valence-corrected chi connectivity index (χ1v) is 9.20. The molecule has 26 heavy (non-hydrogen) atoms. The number of hydrogen-bond donors (Lipinski definition) is 1. The molecule has 0 fully saturated rings. The van der Waals surface area contributed by atoms with Gasteiger partial charge >= 0.3 is 0 Å². The van der Waals surface area contributed by atoms with Crippen molar-refractivity contribution in [3.63, 3.8) is 0 Å². The fourth-order valence-corrected chi connectivity index (χ4v) is 2.76. The molecule has 0 aliphatic heterocycles. The van der Waals surface area contributed by atoms with Crippen LogP contribution in [-0.2, 0) is 6.42 Å². The van der Waals surface area contributed by atoms with E-state index in [1.807, 2.05) is 6.07 Å². The summed E-state index contributed by atoms with van der Waals surface area (Å²) in [5.41, 5.74) is 5.27. The van der Waals surface area contributed by atoms with Gasteiger partial charge in [0.1, 0.15) is 6.07 Å². The second kappa shape index (κ2) is 10.0. The van der Waals surface area contributed by atoms with Crippen LogP contribution in [0, 0.1) is 25.2 Å².